The van der Waals surface area contributed by atoms with Gasteiger partial charge in [0.2, 0.25) is 0 Å². The van der Waals surface area contributed by atoms with E-state index >= 15 is 0 Å². The molecule has 1 heterocycles. The molecule has 0 spiro atoms. The average molecular weight is 357 g/mol. The highest BCUT2D eigenvalue weighted by atomic mass is 79.9. The third-order valence-corrected chi connectivity index (χ3v) is 4.06. The predicted octanol–water partition coefficient (Wildman–Crippen LogP) is 3.88. The van der Waals surface area contributed by atoms with Gasteiger partial charge >= 0.3 is 0 Å². The largest absolute Gasteiger partial charge is 0.366 e. The number of anilines is 1. The van der Waals surface area contributed by atoms with Crippen LogP contribution >= 0.6 is 15.9 Å². The summed E-state index contributed by atoms with van der Waals surface area (Å²) in [5, 5.41) is 11.5. The van der Waals surface area contributed by atoms with Crippen LogP contribution in [0, 0.1) is 10.1 Å². The number of hydrogen-bond acceptors (Lipinski definition) is 4. The van der Waals surface area contributed by atoms with Crippen molar-refractivity contribution in [1.29, 1.82) is 0 Å². The highest BCUT2D eigenvalue weighted by Gasteiger charge is 2.38. The Labute approximate surface area is 133 Å². The molecule has 0 amide bonds. The normalized spacial score (nSPS) is 20.3. The van der Waals surface area contributed by atoms with Crippen molar-refractivity contribution in [3.63, 3.8) is 0 Å². The van der Waals surface area contributed by atoms with Crippen molar-refractivity contribution in [1.82, 2.24) is 0 Å². The molecule has 0 aliphatic carbocycles. The number of hydrogen-bond donors (Lipinski definition) is 0. The Morgan fingerprint density at radius 3 is 2.33 bits per heavy atom. The van der Waals surface area contributed by atoms with E-state index in [0.29, 0.717) is 5.33 Å². The zero-order valence-corrected chi connectivity index (χ0v) is 14.4. The Hall–Kier alpha value is -1.14. The summed E-state index contributed by atoms with van der Waals surface area (Å²) in [5.41, 5.74) is 1.57. The van der Waals surface area contributed by atoms with Gasteiger partial charge < -0.3 is 9.64 Å². The third-order valence-electron chi connectivity index (χ3n) is 3.45. The Kier molecular flexibility index (Phi) is 4.31. The number of nitrogens with zero attached hydrogens (tertiary/aromatic N) is 2. The Bertz CT molecular complexity index is 542. The summed E-state index contributed by atoms with van der Waals surface area (Å²) in [6, 6.07) is 5.04. The second kappa shape index (κ2) is 5.57. The molecule has 1 fully saturated rings. The molecule has 2 rings (SSSR count). The maximum absolute atomic E-state index is 10.9. The van der Waals surface area contributed by atoms with Gasteiger partial charge in [0, 0.05) is 36.2 Å². The topological polar surface area (TPSA) is 55.6 Å². The molecule has 0 saturated carbocycles. The van der Waals surface area contributed by atoms with Crippen molar-refractivity contribution in [2.24, 2.45) is 0 Å². The monoisotopic (exact) mass is 356 g/mol. The molecule has 0 aromatic heterocycles. The lowest BCUT2D eigenvalue weighted by Gasteiger charge is -2.48. The molecule has 1 aromatic carbocycles. The van der Waals surface area contributed by atoms with Gasteiger partial charge in [-0.15, -0.1) is 0 Å². The van der Waals surface area contributed by atoms with Crippen molar-refractivity contribution in [2.75, 3.05) is 18.0 Å². The number of halogens is 1. The number of non-ortho nitro benzene ring substituents is 1. The molecule has 0 bridgehead atoms. The van der Waals surface area contributed by atoms with Gasteiger partial charge in [-0.05, 0) is 39.3 Å². The van der Waals surface area contributed by atoms with E-state index in [9.17, 15) is 10.1 Å². The number of alkyl halides is 1. The number of rotatable bonds is 3. The van der Waals surface area contributed by atoms with Crippen molar-refractivity contribution in [3.8, 4) is 0 Å². The fourth-order valence-electron chi connectivity index (χ4n) is 3.06. The number of nitro benzene ring substituents is 1. The van der Waals surface area contributed by atoms with Crippen LogP contribution in [0.4, 0.5) is 11.4 Å². The summed E-state index contributed by atoms with van der Waals surface area (Å²) in [6.07, 6.45) is 0. The van der Waals surface area contributed by atoms with E-state index in [1.165, 1.54) is 0 Å². The molecule has 1 saturated heterocycles. The number of benzene rings is 1. The quantitative estimate of drug-likeness (QED) is 0.468. The van der Waals surface area contributed by atoms with E-state index in [4.69, 9.17) is 4.74 Å². The van der Waals surface area contributed by atoms with Crippen LogP contribution in [-0.4, -0.2) is 29.2 Å². The molecule has 5 nitrogen and oxygen atoms in total. The first-order valence-electron chi connectivity index (χ1n) is 6.92. The van der Waals surface area contributed by atoms with Gasteiger partial charge in [0.25, 0.3) is 5.69 Å². The minimum Gasteiger partial charge on any atom is -0.366 e. The van der Waals surface area contributed by atoms with E-state index in [-0.39, 0.29) is 21.8 Å². The summed E-state index contributed by atoms with van der Waals surface area (Å²) >= 11 is 3.43. The SMILES string of the molecule is CC1(C)CN(c2ccc([N+](=O)[O-])cc2CBr)CC(C)(C)O1. The lowest BCUT2D eigenvalue weighted by Crippen LogP contribution is -2.57. The number of morpholine rings is 1. The minimum absolute atomic E-state index is 0.125. The Balaban J connectivity index is 2.39. The Morgan fingerprint density at radius 2 is 1.86 bits per heavy atom. The lowest BCUT2D eigenvalue weighted by molar-refractivity contribution is -0.384. The van der Waals surface area contributed by atoms with Crippen LogP contribution in [0.15, 0.2) is 18.2 Å². The maximum atomic E-state index is 10.9. The molecule has 0 unspecified atom stereocenters. The van der Waals surface area contributed by atoms with Crippen LogP contribution in [0.2, 0.25) is 0 Å². The van der Waals surface area contributed by atoms with E-state index < -0.39 is 0 Å². The van der Waals surface area contributed by atoms with Gasteiger partial charge in [-0.1, -0.05) is 15.9 Å². The zero-order valence-electron chi connectivity index (χ0n) is 12.9. The summed E-state index contributed by atoms with van der Waals surface area (Å²) in [7, 11) is 0. The fraction of sp³-hybridized carbons (Fsp3) is 0.600. The van der Waals surface area contributed by atoms with Crippen molar-refractivity contribution < 1.29 is 9.66 Å². The summed E-state index contributed by atoms with van der Waals surface area (Å²) in [5.74, 6) is 0. The van der Waals surface area contributed by atoms with Gasteiger partial charge in [-0.25, -0.2) is 0 Å². The van der Waals surface area contributed by atoms with Crippen molar-refractivity contribution in [3.05, 3.63) is 33.9 Å². The first kappa shape index (κ1) is 16.2. The van der Waals surface area contributed by atoms with Crippen molar-refractivity contribution >= 4 is 27.3 Å². The van der Waals surface area contributed by atoms with E-state index in [2.05, 4.69) is 48.5 Å². The molecule has 1 aromatic rings. The van der Waals surface area contributed by atoms with E-state index in [1.54, 1.807) is 12.1 Å². The maximum Gasteiger partial charge on any atom is 0.269 e. The van der Waals surface area contributed by atoms with Crippen LogP contribution in [0.5, 0.6) is 0 Å². The van der Waals surface area contributed by atoms with Gasteiger partial charge in [0.05, 0.1) is 16.1 Å². The number of ether oxygens (including phenoxy) is 1. The van der Waals surface area contributed by atoms with Crippen molar-refractivity contribution in [2.45, 2.75) is 44.2 Å². The highest BCUT2D eigenvalue weighted by molar-refractivity contribution is 9.08. The lowest BCUT2D eigenvalue weighted by atomic mass is 9.97. The third kappa shape index (κ3) is 3.74. The minimum atomic E-state index is -0.358. The molecule has 6 heteroatoms. The smallest absolute Gasteiger partial charge is 0.269 e. The first-order valence-corrected chi connectivity index (χ1v) is 8.04. The van der Waals surface area contributed by atoms with Crippen LogP contribution in [0.3, 0.4) is 0 Å². The van der Waals surface area contributed by atoms with Gasteiger partial charge in [0.1, 0.15) is 0 Å². The molecule has 21 heavy (non-hydrogen) atoms. The Morgan fingerprint density at radius 1 is 1.29 bits per heavy atom. The summed E-state index contributed by atoms with van der Waals surface area (Å²) in [6.45, 7) is 9.79. The summed E-state index contributed by atoms with van der Waals surface area (Å²) < 4.78 is 6.09. The first-order chi connectivity index (χ1) is 9.63. The van der Waals surface area contributed by atoms with Crippen LogP contribution < -0.4 is 4.90 Å². The zero-order chi connectivity index (χ0) is 15.8. The van der Waals surface area contributed by atoms with Gasteiger partial charge in [-0.3, -0.25) is 10.1 Å². The molecule has 0 atom stereocenters. The molecule has 1 aliphatic rings. The molecule has 1 aliphatic heterocycles. The second-order valence-electron chi connectivity index (χ2n) is 6.68. The van der Waals surface area contributed by atoms with E-state index in [0.717, 1.165) is 24.3 Å². The molecular weight excluding hydrogens is 336 g/mol. The predicted molar refractivity (Wildman–Crippen MR) is 87.2 cm³/mol. The highest BCUT2D eigenvalue weighted by Crippen LogP contribution is 2.35. The van der Waals surface area contributed by atoms with Crippen LogP contribution in [0.1, 0.15) is 33.3 Å². The molecule has 116 valence electrons. The van der Waals surface area contributed by atoms with Crippen LogP contribution in [0.25, 0.3) is 0 Å². The average Bonchev–Trinajstić information content (AvgIpc) is 2.34. The molecule has 0 radical (unpaired) electrons. The van der Waals surface area contributed by atoms with E-state index in [1.807, 2.05) is 6.07 Å². The molecular formula is C15H21BrN2O3. The standard InChI is InChI=1S/C15H21BrN2O3/c1-14(2)9-17(10-15(3,4)21-14)13-6-5-12(18(19)20)7-11(13)8-16/h5-7H,8-10H2,1-4H3. The fourth-order valence-corrected chi connectivity index (χ4v) is 3.51. The van der Waals surface area contributed by atoms with Crippen LogP contribution in [-0.2, 0) is 10.1 Å². The molecule has 0 N–H and O–H groups in total. The summed E-state index contributed by atoms with van der Waals surface area (Å²) in [4.78, 5) is 12.8. The van der Waals surface area contributed by atoms with Gasteiger partial charge in [-0.2, -0.15) is 0 Å². The second-order valence-corrected chi connectivity index (χ2v) is 7.24. The number of nitro groups is 1. The van der Waals surface area contributed by atoms with Gasteiger partial charge in [0.15, 0.2) is 0 Å².